The van der Waals surface area contributed by atoms with Crippen LogP contribution in [0.1, 0.15) is 17.6 Å². The molecule has 0 spiro atoms. The van der Waals surface area contributed by atoms with Gasteiger partial charge in [-0.1, -0.05) is 0 Å². The maximum absolute atomic E-state index is 11.2. The summed E-state index contributed by atoms with van der Waals surface area (Å²) in [7, 11) is 1.25. The molecule has 6 heteroatoms. The van der Waals surface area contributed by atoms with Crippen molar-refractivity contribution in [2.45, 2.75) is 26.0 Å². The van der Waals surface area contributed by atoms with Gasteiger partial charge in [-0.15, -0.1) is 11.3 Å². The quantitative estimate of drug-likeness (QED) is 0.737. The van der Waals surface area contributed by atoms with Crippen LogP contribution in [0, 0.1) is 6.92 Å². The van der Waals surface area contributed by atoms with Crippen LogP contribution in [0.3, 0.4) is 0 Å². The second kappa shape index (κ2) is 5.38. The highest BCUT2D eigenvalue weighted by molar-refractivity contribution is 7.09. The summed E-state index contributed by atoms with van der Waals surface area (Å²) in [4.78, 5) is 15.4. The number of thiazole rings is 1. The predicted octanol–water partition coefficient (Wildman–Crippen LogP) is 0.465. The number of ether oxygens (including phenoxy) is 1. The fourth-order valence-corrected chi connectivity index (χ4v) is 1.93. The maximum atomic E-state index is 11.2. The zero-order valence-corrected chi connectivity index (χ0v) is 10.4. The summed E-state index contributed by atoms with van der Waals surface area (Å²) in [5.74, 6) is -0.643. The molecule has 1 rings (SSSR count). The summed E-state index contributed by atoms with van der Waals surface area (Å²) >= 11 is 1.54. The minimum absolute atomic E-state index is 0.137. The van der Waals surface area contributed by atoms with Gasteiger partial charge < -0.3 is 15.2 Å². The molecule has 1 unspecified atom stereocenters. The summed E-state index contributed by atoms with van der Waals surface area (Å²) in [5, 5.41) is 15.6. The van der Waals surface area contributed by atoms with Crippen LogP contribution >= 0.6 is 11.3 Å². The van der Waals surface area contributed by atoms with Crippen LogP contribution in [0.2, 0.25) is 0 Å². The Morgan fingerprint density at radius 1 is 1.75 bits per heavy atom. The number of aliphatic hydroxyl groups is 1. The lowest BCUT2D eigenvalue weighted by atomic mass is 10.1. The van der Waals surface area contributed by atoms with Crippen molar-refractivity contribution in [1.29, 1.82) is 0 Å². The van der Waals surface area contributed by atoms with Gasteiger partial charge >= 0.3 is 5.97 Å². The number of carbonyl (C=O) groups is 1. The summed E-state index contributed by atoms with van der Waals surface area (Å²) < 4.78 is 4.48. The number of aryl methyl sites for hydroxylation is 1. The van der Waals surface area contributed by atoms with Crippen molar-refractivity contribution in [2.75, 3.05) is 13.7 Å². The normalized spacial score (nSPS) is 14.5. The topological polar surface area (TPSA) is 71.5 Å². The van der Waals surface area contributed by atoms with Gasteiger partial charge in [0.15, 0.2) is 5.60 Å². The van der Waals surface area contributed by atoms with Crippen LogP contribution in [0.25, 0.3) is 0 Å². The van der Waals surface area contributed by atoms with Crippen molar-refractivity contribution in [3.05, 3.63) is 16.1 Å². The standard InChI is InChI=1S/C10H16N2O3S/c1-7-5-16-8(12-7)4-11-6-10(2,14)9(13)15-3/h5,11,14H,4,6H2,1-3H3. The Morgan fingerprint density at radius 2 is 2.44 bits per heavy atom. The number of nitrogens with one attached hydrogen (secondary N) is 1. The van der Waals surface area contributed by atoms with Crippen LogP contribution in [-0.2, 0) is 16.1 Å². The molecular formula is C10H16N2O3S. The Kier molecular flexibility index (Phi) is 4.40. The molecule has 1 aromatic heterocycles. The van der Waals surface area contributed by atoms with Gasteiger partial charge in [0.1, 0.15) is 5.01 Å². The van der Waals surface area contributed by atoms with Gasteiger partial charge in [0.2, 0.25) is 0 Å². The Morgan fingerprint density at radius 3 is 2.94 bits per heavy atom. The SMILES string of the molecule is COC(=O)C(C)(O)CNCc1nc(C)cs1. The Hall–Kier alpha value is -0.980. The van der Waals surface area contributed by atoms with Crippen molar-refractivity contribution in [2.24, 2.45) is 0 Å². The molecule has 5 nitrogen and oxygen atoms in total. The molecule has 0 aliphatic rings. The van der Waals surface area contributed by atoms with Crippen LogP contribution in [0.5, 0.6) is 0 Å². The van der Waals surface area contributed by atoms with Crippen LogP contribution < -0.4 is 5.32 Å². The number of methoxy groups -OCH3 is 1. The third kappa shape index (κ3) is 3.55. The lowest BCUT2D eigenvalue weighted by Crippen LogP contribution is -2.45. The fourth-order valence-electron chi connectivity index (χ4n) is 1.19. The van der Waals surface area contributed by atoms with Crippen molar-refractivity contribution in [3.8, 4) is 0 Å². The summed E-state index contributed by atoms with van der Waals surface area (Å²) in [5.41, 5.74) is -0.525. The first-order valence-corrected chi connectivity index (χ1v) is 5.76. The molecule has 0 aromatic carbocycles. The Balaban J connectivity index is 2.38. The molecule has 1 aromatic rings. The lowest BCUT2D eigenvalue weighted by Gasteiger charge is -2.20. The molecule has 0 saturated carbocycles. The number of nitrogens with zero attached hydrogens (tertiary/aromatic N) is 1. The second-order valence-electron chi connectivity index (χ2n) is 3.75. The zero-order chi connectivity index (χ0) is 12.2. The number of hydrogen-bond acceptors (Lipinski definition) is 6. The molecule has 0 saturated heterocycles. The van der Waals surface area contributed by atoms with E-state index in [0.29, 0.717) is 6.54 Å². The predicted molar refractivity (Wildman–Crippen MR) is 61.2 cm³/mol. The van der Waals surface area contributed by atoms with Gasteiger partial charge in [-0.2, -0.15) is 0 Å². The molecule has 90 valence electrons. The molecule has 16 heavy (non-hydrogen) atoms. The maximum Gasteiger partial charge on any atom is 0.338 e. The number of aromatic nitrogens is 1. The third-order valence-corrected chi connectivity index (χ3v) is 3.00. The fraction of sp³-hybridized carbons (Fsp3) is 0.600. The van der Waals surface area contributed by atoms with E-state index in [1.165, 1.54) is 14.0 Å². The van der Waals surface area contributed by atoms with Gasteiger partial charge in [-0.3, -0.25) is 0 Å². The number of hydrogen-bond donors (Lipinski definition) is 2. The molecule has 0 radical (unpaired) electrons. The van der Waals surface area contributed by atoms with E-state index in [9.17, 15) is 9.90 Å². The molecule has 0 bridgehead atoms. The summed E-state index contributed by atoms with van der Waals surface area (Å²) in [6.45, 7) is 4.01. The molecule has 1 heterocycles. The largest absolute Gasteiger partial charge is 0.467 e. The van der Waals surface area contributed by atoms with E-state index in [-0.39, 0.29) is 6.54 Å². The van der Waals surface area contributed by atoms with E-state index in [2.05, 4.69) is 15.0 Å². The van der Waals surface area contributed by atoms with E-state index in [4.69, 9.17) is 0 Å². The molecule has 0 amide bonds. The van der Waals surface area contributed by atoms with Crippen molar-refractivity contribution >= 4 is 17.3 Å². The van der Waals surface area contributed by atoms with E-state index < -0.39 is 11.6 Å². The first-order valence-electron chi connectivity index (χ1n) is 4.88. The Labute approximate surface area is 98.5 Å². The number of carbonyl (C=O) groups excluding carboxylic acids is 1. The number of rotatable bonds is 5. The molecule has 0 aliphatic carbocycles. The minimum atomic E-state index is -1.50. The summed E-state index contributed by atoms with van der Waals surface area (Å²) in [6, 6.07) is 0. The molecule has 2 N–H and O–H groups in total. The minimum Gasteiger partial charge on any atom is -0.467 e. The first kappa shape index (κ1) is 13.1. The lowest BCUT2D eigenvalue weighted by molar-refractivity contribution is -0.159. The van der Waals surface area contributed by atoms with Gasteiger partial charge in [-0.05, 0) is 13.8 Å². The van der Waals surface area contributed by atoms with Crippen molar-refractivity contribution in [3.63, 3.8) is 0 Å². The van der Waals surface area contributed by atoms with E-state index >= 15 is 0 Å². The van der Waals surface area contributed by atoms with E-state index in [0.717, 1.165) is 10.7 Å². The Bertz CT molecular complexity index is 363. The highest BCUT2D eigenvalue weighted by Gasteiger charge is 2.30. The zero-order valence-electron chi connectivity index (χ0n) is 9.61. The highest BCUT2D eigenvalue weighted by atomic mass is 32.1. The molecule has 1 atom stereocenters. The van der Waals surface area contributed by atoms with Gasteiger partial charge in [0.25, 0.3) is 0 Å². The van der Waals surface area contributed by atoms with Crippen LogP contribution in [-0.4, -0.2) is 35.3 Å². The van der Waals surface area contributed by atoms with Crippen LogP contribution in [0.4, 0.5) is 0 Å². The van der Waals surface area contributed by atoms with Crippen molar-refractivity contribution in [1.82, 2.24) is 10.3 Å². The number of esters is 1. The summed E-state index contributed by atoms with van der Waals surface area (Å²) in [6.07, 6.45) is 0. The van der Waals surface area contributed by atoms with E-state index in [1.807, 2.05) is 12.3 Å². The third-order valence-electron chi connectivity index (χ3n) is 2.04. The first-order chi connectivity index (χ1) is 7.45. The molecule has 0 fully saturated rings. The second-order valence-corrected chi connectivity index (χ2v) is 4.69. The highest BCUT2D eigenvalue weighted by Crippen LogP contribution is 2.09. The van der Waals surface area contributed by atoms with E-state index in [1.54, 1.807) is 11.3 Å². The van der Waals surface area contributed by atoms with Crippen molar-refractivity contribution < 1.29 is 14.6 Å². The van der Waals surface area contributed by atoms with Gasteiger partial charge in [-0.25, -0.2) is 9.78 Å². The van der Waals surface area contributed by atoms with Gasteiger partial charge in [0, 0.05) is 24.2 Å². The van der Waals surface area contributed by atoms with Gasteiger partial charge in [0.05, 0.1) is 7.11 Å². The van der Waals surface area contributed by atoms with Crippen LogP contribution in [0.15, 0.2) is 5.38 Å². The smallest absolute Gasteiger partial charge is 0.338 e. The average Bonchev–Trinajstić information content (AvgIpc) is 2.62. The molecular weight excluding hydrogens is 228 g/mol. The molecule has 0 aliphatic heterocycles. The monoisotopic (exact) mass is 244 g/mol. The average molecular weight is 244 g/mol.